The topological polar surface area (TPSA) is 66.5 Å². The third kappa shape index (κ3) is 4.41. The summed E-state index contributed by atoms with van der Waals surface area (Å²) in [4.78, 5) is 37.2. The molecule has 0 saturated heterocycles. The molecule has 0 fully saturated rings. The summed E-state index contributed by atoms with van der Waals surface area (Å²) >= 11 is 0. The van der Waals surface area contributed by atoms with Gasteiger partial charge in [0.25, 0.3) is 11.8 Å². The molecule has 0 aliphatic carbocycles. The Hall–Kier alpha value is -2.17. The van der Waals surface area contributed by atoms with E-state index in [-0.39, 0.29) is 24.3 Å². The summed E-state index contributed by atoms with van der Waals surface area (Å²) in [5.41, 5.74) is 0.752. The van der Waals surface area contributed by atoms with Gasteiger partial charge >= 0.3 is 0 Å². The van der Waals surface area contributed by atoms with Crippen LogP contribution in [0.15, 0.2) is 24.3 Å². The van der Waals surface area contributed by atoms with Crippen LogP contribution in [0.4, 0.5) is 0 Å². The van der Waals surface area contributed by atoms with Crippen LogP contribution in [0.3, 0.4) is 0 Å². The lowest BCUT2D eigenvalue weighted by atomic mass is 10.1. The van der Waals surface area contributed by atoms with Gasteiger partial charge in [-0.1, -0.05) is 51.2 Å². The number of rotatable bonds is 9. The van der Waals surface area contributed by atoms with Crippen molar-refractivity contribution >= 4 is 17.7 Å². The molecule has 0 atom stereocenters. The van der Waals surface area contributed by atoms with Crippen LogP contribution in [0.5, 0.6) is 0 Å². The second-order valence-electron chi connectivity index (χ2n) is 5.86. The van der Waals surface area contributed by atoms with E-state index < -0.39 is 0 Å². The first kappa shape index (κ1) is 17.2. The van der Waals surface area contributed by atoms with Crippen LogP contribution >= 0.6 is 0 Å². The molecule has 1 aliphatic heterocycles. The maximum atomic E-state index is 12.1. The van der Waals surface area contributed by atoms with Crippen LogP contribution < -0.4 is 5.32 Å². The van der Waals surface area contributed by atoms with E-state index in [4.69, 9.17) is 0 Å². The lowest BCUT2D eigenvalue weighted by Crippen LogP contribution is -2.40. The van der Waals surface area contributed by atoms with Crippen LogP contribution in [0.1, 0.15) is 66.2 Å². The molecule has 0 radical (unpaired) electrons. The number of hydrogen-bond acceptors (Lipinski definition) is 3. The molecule has 2 rings (SSSR count). The first-order valence-electron chi connectivity index (χ1n) is 8.37. The van der Waals surface area contributed by atoms with Gasteiger partial charge in [-0.05, 0) is 18.6 Å². The van der Waals surface area contributed by atoms with Gasteiger partial charge in [-0.15, -0.1) is 0 Å². The van der Waals surface area contributed by atoms with Crippen LogP contribution in [-0.2, 0) is 4.79 Å². The number of carbonyl (C=O) groups is 3. The molecule has 0 spiro atoms. The second-order valence-corrected chi connectivity index (χ2v) is 5.86. The Balaban J connectivity index is 1.72. The zero-order valence-corrected chi connectivity index (χ0v) is 13.6. The van der Waals surface area contributed by atoms with E-state index in [1.165, 1.54) is 25.7 Å². The molecule has 0 bridgehead atoms. The summed E-state index contributed by atoms with van der Waals surface area (Å²) in [5, 5.41) is 2.78. The third-order valence-electron chi connectivity index (χ3n) is 4.03. The van der Waals surface area contributed by atoms with Crippen LogP contribution in [0.25, 0.3) is 0 Å². The van der Waals surface area contributed by atoms with Gasteiger partial charge in [0.1, 0.15) is 6.54 Å². The molecule has 1 N–H and O–H groups in total. The Bertz CT molecular complexity index is 548. The van der Waals surface area contributed by atoms with Crippen LogP contribution in [0.2, 0.25) is 0 Å². The molecule has 1 aromatic rings. The molecule has 1 heterocycles. The van der Waals surface area contributed by atoms with E-state index in [1.54, 1.807) is 24.3 Å². The van der Waals surface area contributed by atoms with E-state index in [0.29, 0.717) is 17.7 Å². The molecule has 23 heavy (non-hydrogen) atoms. The highest BCUT2D eigenvalue weighted by Crippen LogP contribution is 2.21. The van der Waals surface area contributed by atoms with Crippen molar-refractivity contribution in [1.29, 1.82) is 0 Å². The van der Waals surface area contributed by atoms with Crippen molar-refractivity contribution in [2.24, 2.45) is 0 Å². The molecule has 5 nitrogen and oxygen atoms in total. The van der Waals surface area contributed by atoms with Crippen molar-refractivity contribution in [3.8, 4) is 0 Å². The van der Waals surface area contributed by atoms with E-state index >= 15 is 0 Å². The van der Waals surface area contributed by atoms with E-state index in [1.807, 2.05) is 0 Å². The van der Waals surface area contributed by atoms with E-state index in [0.717, 1.165) is 17.7 Å². The average molecular weight is 316 g/mol. The number of carbonyl (C=O) groups excluding carboxylic acids is 3. The van der Waals surface area contributed by atoms with Crippen molar-refractivity contribution in [3.63, 3.8) is 0 Å². The number of amides is 3. The summed E-state index contributed by atoms with van der Waals surface area (Å²) < 4.78 is 0. The number of nitrogens with one attached hydrogen (secondary N) is 1. The molecular formula is C18H24N2O3. The summed E-state index contributed by atoms with van der Waals surface area (Å²) in [6, 6.07) is 6.66. The molecule has 1 aliphatic rings. The van der Waals surface area contributed by atoms with Gasteiger partial charge < -0.3 is 5.32 Å². The lowest BCUT2D eigenvalue weighted by molar-refractivity contribution is -0.121. The van der Waals surface area contributed by atoms with Gasteiger partial charge in [0.15, 0.2) is 0 Å². The zero-order valence-electron chi connectivity index (χ0n) is 13.6. The summed E-state index contributed by atoms with van der Waals surface area (Å²) in [6.45, 7) is 2.57. The van der Waals surface area contributed by atoms with E-state index in [2.05, 4.69) is 12.2 Å². The van der Waals surface area contributed by atoms with Crippen molar-refractivity contribution in [1.82, 2.24) is 10.2 Å². The quantitative estimate of drug-likeness (QED) is 0.563. The predicted molar refractivity (Wildman–Crippen MR) is 88.2 cm³/mol. The number of unbranched alkanes of at least 4 members (excludes halogenated alkanes) is 5. The van der Waals surface area contributed by atoms with Gasteiger partial charge in [0.2, 0.25) is 5.91 Å². The predicted octanol–water partition coefficient (Wildman–Crippen LogP) is 2.76. The van der Waals surface area contributed by atoms with Crippen LogP contribution in [-0.4, -0.2) is 35.7 Å². The first-order valence-corrected chi connectivity index (χ1v) is 8.37. The Labute approximate surface area is 137 Å². The van der Waals surface area contributed by atoms with Gasteiger partial charge in [0, 0.05) is 6.54 Å². The fourth-order valence-corrected chi connectivity index (χ4v) is 2.72. The number of hydrogen-bond donors (Lipinski definition) is 1. The Morgan fingerprint density at radius 3 is 2.13 bits per heavy atom. The molecular weight excluding hydrogens is 292 g/mol. The molecule has 0 unspecified atom stereocenters. The minimum Gasteiger partial charge on any atom is -0.355 e. The SMILES string of the molecule is CCCCCCCCNC(=O)CN1C(=O)c2ccccc2C1=O. The zero-order chi connectivity index (χ0) is 16.7. The molecule has 1 aromatic carbocycles. The van der Waals surface area contributed by atoms with Crippen molar-refractivity contribution in [3.05, 3.63) is 35.4 Å². The molecule has 5 heteroatoms. The number of imide groups is 1. The highest BCUT2D eigenvalue weighted by Gasteiger charge is 2.36. The van der Waals surface area contributed by atoms with Gasteiger partial charge in [-0.3, -0.25) is 19.3 Å². The lowest BCUT2D eigenvalue weighted by Gasteiger charge is -2.13. The average Bonchev–Trinajstić information content (AvgIpc) is 2.79. The maximum absolute atomic E-state index is 12.1. The van der Waals surface area contributed by atoms with Gasteiger partial charge in [-0.2, -0.15) is 0 Å². The van der Waals surface area contributed by atoms with Crippen molar-refractivity contribution < 1.29 is 14.4 Å². The largest absolute Gasteiger partial charge is 0.355 e. The standard InChI is InChI=1S/C18H24N2O3/c1-2-3-4-5-6-9-12-19-16(21)13-20-17(22)14-10-7-8-11-15(14)18(20)23/h7-8,10-11H,2-6,9,12-13H2,1H3,(H,19,21). The van der Waals surface area contributed by atoms with Gasteiger partial charge in [0.05, 0.1) is 11.1 Å². The maximum Gasteiger partial charge on any atom is 0.262 e. The Morgan fingerprint density at radius 1 is 0.957 bits per heavy atom. The molecule has 0 aromatic heterocycles. The van der Waals surface area contributed by atoms with Crippen molar-refractivity contribution in [2.75, 3.05) is 13.1 Å². The normalized spacial score (nSPS) is 13.3. The number of benzene rings is 1. The first-order chi connectivity index (χ1) is 11.1. The number of nitrogens with zero attached hydrogens (tertiary/aromatic N) is 1. The minimum atomic E-state index is -0.389. The highest BCUT2D eigenvalue weighted by atomic mass is 16.2. The fourth-order valence-electron chi connectivity index (χ4n) is 2.72. The van der Waals surface area contributed by atoms with Crippen molar-refractivity contribution in [2.45, 2.75) is 45.4 Å². The molecule has 124 valence electrons. The highest BCUT2D eigenvalue weighted by molar-refractivity contribution is 6.22. The second kappa shape index (κ2) is 8.46. The third-order valence-corrected chi connectivity index (χ3v) is 4.03. The monoisotopic (exact) mass is 316 g/mol. The molecule has 0 saturated carbocycles. The number of fused-ring (bicyclic) bond motifs is 1. The smallest absolute Gasteiger partial charge is 0.262 e. The summed E-state index contributed by atoms with van der Waals surface area (Å²) in [6.07, 6.45) is 6.91. The summed E-state index contributed by atoms with van der Waals surface area (Å²) in [7, 11) is 0. The van der Waals surface area contributed by atoms with Crippen LogP contribution in [0, 0.1) is 0 Å². The molecule has 3 amide bonds. The Kier molecular flexibility index (Phi) is 6.32. The van der Waals surface area contributed by atoms with Gasteiger partial charge in [-0.25, -0.2) is 0 Å². The Morgan fingerprint density at radius 2 is 1.52 bits per heavy atom. The summed E-state index contributed by atoms with van der Waals surface area (Å²) in [5.74, 6) is -1.06. The minimum absolute atomic E-state index is 0.206. The fraction of sp³-hybridized carbons (Fsp3) is 0.500. The van der Waals surface area contributed by atoms with E-state index in [9.17, 15) is 14.4 Å².